The van der Waals surface area contributed by atoms with E-state index in [2.05, 4.69) is 60.1 Å². The summed E-state index contributed by atoms with van der Waals surface area (Å²) >= 11 is 1.58. The van der Waals surface area contributed by atoms with E-state index < -0.39 is 255 Å². The summed E-state index contributed by atoms with van der Waals surface area (Å²) < 4.78 is 5.07. The van der Waals surface area contributed by atoms with Crippen LogP contribution in [0.25, 0.3) is 0 Å². The largest absolute Gasteiger partial charge is 0.480 e. The number of thioether (sulfide) groups is 1. The molecule has 14 amide bonds. The van der Waals surface area contributed by atoms with Gasteiger partial charge in [0.1, 0.15) is 45.9 Å². The minimum Gasteiger partial charge on any atom is -0.480 e. The maximum absolute atomic E-state index is 13.0. The second kappa shape index (κ2) is 52.6. The van der Waals surface area contributed by atoms with Crippen LogP contribution in [-0.4, -0.2) is 310 Å². The number of nitrogens with one attached hydrogen (secondary N) is 10. The van der Waals surface area contributed by atoms with Crippen molar-refractivity contribution in [1.82, 2.24) is 72.8 Å². The average molecular weight is 1540 g/mol. The molecular weight excluding hydrogens is 1440 g/mol. The minimum atomic E-state index is -1.59. The number of ether oxygens (including phenoxy) is 1. The summed E-state index contributed by atoms with van der Waals surface area (Å²) in [4.78, 5) is 249. The molecule has 0 spiro atoms. The van der Waals surface area contributed by atoms with Crippen LogP contribution in [0.5, 0.6) is 0 Å². The van der Waals surface area contributed by atoms with Gasteiger partial charge in [-0.3, -0.25) is 91.1 Å². The van der Waals surface area contributed by atoms with Gasteiger partial charge >= 0.3 is 35.9 Å². The van der Waals surface area contributed by atoms with Crippen LogP contribution in [-0.2, 0) is 95.8 Å². The molecule has 42 heteroatoms. The molecule has 2 aliphatic heterocycles. The first kappa shape index (κ1) is 92.7. The molecule has 598 valence electrons. The summed E-state index contributed by atoms with van der Waals surface area (Å²) in [5, 5.41) is 70.6. The second-order valence-corrected chi connectivity index (χ2v) is 26.2. The number of allylic oxidation sites excluding steroid dienone is 1. The molecule has 2 heterocycles. The molecule has 41 nitrogen and oxygen atoms in total. The topological polar surface area (TPSA) is 611 Å². The number of fused-ring (bicyclic) bond motifs is 1. The number of carboxylic acids is 4. The number of nitrogens with two attached hydrogens (primary N) is 1. The van der Waals surface area contributed by atoms with Crippen molar-refractivity contribution in [3.05, 3.63) is 12.2 Å². The molecule has 0 saturated carbocycles. The zero-order valence-corrected chi connectivity index (χ0v) is 60.6. The minimum absolute atomic E-state index is 0.0277. The van der Waals surface area contributed by atoms with Gasteiger partial charge in [0.2, 0.25) is 70.9 Å². The molecular formula is C65H101N15O26S. The van der Waals surface area contributed by atoms with Crippen LogP contribution < -0.4 is 58.9 Å². The van der Waals surface area contributed by atoms with Crippen molar-refractivity contribution in [2.75, 3.05) is 117 Å². The Labute approximate surface area is 620 Å². The Morgan fingerprint density at radius 2 is 0.822 bits per heavy atom. The Morgan fingerprint density at radius 1 is 0.458 bits per heavy atom. The molecule has 0 aromatic heterocycles. The van der Waals surface area contributed by atoms with Crippen molar-refractivity contribution in [2.45, 2.75) is 158 Å². The van der Waals surface area contributed by atoms with E-state index in [0.717, 1.165) is 25.7 Å². The number of Topliss-reactive ketones (excluding diaryl/α,β-unsaturated/α-hetero) is 2. The third kappa shape index (κ3) is 43.6. The second-order valence-electron chi connectivity index (χ2n) is 25.0. The number of hydrogen-bond donors (Lipinski definition) is 16. The normalized spacial score (nSPS) is 14.5. The Kier molecular flexibility index (Phi) is 45.5. The van der Waals surface area contributed by atoms with Crippen molar-refractivity contribution in [3.63, 3.8) is 0 Å². The number of rotatable bonds is 58. The van der Waals surface area contributed by atoms with Gasteiger partial charge in [0.05, 0.1) is 96.1 Å². The lowest BCUT2D eigenvalue weighted by atomic mass is 10.0. The molecule has 2 rings (SSSR count). The number of carbonyl (C=O) groups excluding carboxylic acids is 16. The van der Waals surface area contributed by atoms with Crippen molar-refractivity contribution in [1.29, 1.82) is 0 Å². The molecule has 17 N–H and O–H groups in total. The molecule has 5 atom stereocenters. The summed E-state index contributed by atoms with van der Waals surface area (Å²) in [7, 11) is 0. The Hall–Kier alpha value is -10.4. The van der Waals surface area contributed by atoms with Crippen LogP contribution in [0.3, 0.4) is 0 Å². The highest BCUT2D eigenvalue weighted by atomic mass is 32.2. The molecule has 0 radical (unpaired) electrons. The van der Waals surface area contributed by atoms with Crippen LogP contribution in [0.4, 0.5) is 4.79 Å². The lowest BCUT2D eigenvalue weighted by Gasteiger charge is -2.21. The molecule has 0 aromatic rings. The zero-order valence-electron chi connectivity index (χ0n) is 59.8. The summed E-state index contributed by atoms with van der Waals surface area (Å²) in [6, 6.07) is -1.41. The summed E-state index contributed by atoms with van der Waals surface area (Å²) in [6.45, 7) is -12.4. The van der Waals surface area contributed by atoms with Gasteiger partial charge in [0.15, 0.2) is 11.6 Å². The van der Waals surface area contributed by atoms with Crippen LogP contribution in [0.2, 0.25) is 0 Å². The average Bonchev–Trinajstić information content (AvgIpc) is 1.64. The third-order valence-electron chi connectivity index (χ3n) is 15.9. The quantitative estimate of drug-likeness (QED) is 0.0117. The van der Waals surface area contributed by atoms with E-state index in [0.29, 0.717) is 31.8 Å². The molecule has 107 heavy (non-hydrogen) atoms. The summed E-state index contributed by atoms with van der Waals surface area (Å²) in [5.74, 6) is -19.7. The lowest BCUT2D eigenvalue weighted by molar-refractivity contribution is -0.146. The number of aliphatic hydroxyl groups is 1. The van der Waals surface area contributed by atoms with Crippen LogP contribution >= 0.6 is 11.8 Å². The first-order chi connectivity index (χ1) is 50.7. The number of urea groups is 1. The van der Waals surface area contributed by atoms with Crippen LogP contribution in [0.15, 0.2) is 12.2 Å². The number of aliphatic hydroxyl groups excluding tert-OH is 1. The Balaban J connectivity index is 1.71. The Morgan fingerprint density at radius 3 is 1.22 bits per heavy atom. The first-order valence-corrected chi connectivity index (χ1v) is 35.9. The highest BCUT2D eigenvalue weighted by Gasteiger charge is 2.43. The van der Waals surface area contributed by atoms with Crippen molar-refractivity contribution in [3.8, 4) is 0 Å². The third-order valence-corrected chi connectivity index (χ3v) is 17.4. The number of amides is 14. The first-order valence-electron chi connectivity index (χ1n) is 34.8. The van der Waals surface area contributed by atoms with E-state index in [1.54, 1.807) is 17.8 Å². The summed E-state index contributed by atoms with van der Waals surface area (Å²) in [6.07, 6.45) is 14.8. The van der Waals surface area contributed by atoms with Crippen molar-refractivity contribution >= 4 is 130 Å². The fourth-order valence-corrected chi connectivity index (χ4v) is 11.7. The van der Waals surface area contributed by atoms with Gasteiger partial charge in [-0.15, -0.1) is 0 Å². The van der Waals surface area contributed by atoms with E-state index in [4.69, 9.17) is 10.5 Å². The number of nitrogens with zero attached hydrogens (tertiary/aromatic N) is 4. The molecule has 2 saturated heterocycles. The van der Waals surface area contributed by atoms with Gasteiger partial charge in [-0.2, -0.15) is 11.8 Å². The number of aliphatic carboxylic acids is 4. The van der Waals surface area contributed by atoms with Gasteiger partial charge in [0.25, 0.3) is 0 Å². The van der Waals surface area contributed by atoms with Crippen molar-refractivity contribution < 1.29 is 126 Å². The maximum Gasteiger partial charge on any atom is 0.323 e. The van der Waals surface area contributed by atoms with E-state index in [1.807, 2.05) is 6.08 Å². The number of esters is 1. The predicted molar refractivity (Wildman–Crippen MR) is 374 cm³/mol. The van der Waals surface area contributed by atoms with E-state index in [1.165, 1.54) is 51.4 Å². The summed E-state index contributed by atoms with van der Waals surface area (Å²) in [5.41, 5.74) is 5.94. The number of unbranched alkanes of at least 4 members (excludes halogenated alkanes) is 11. The molecule has 0 bridgehead atoms. The Bertz CT molecular complexity index is 3140. The van der Waals surface area contributed by atoms with E-state index in [9.17, 15) is 121 Å². The van der Waals surface area contributed by atoms with Crippen LogP contribution in [0, 0.1) is 0 Å². The maximum atomic E-state index is 13.0. The number of carboxylic acid groups (broad SMARTS) is 4. The predicted octanol–water partition coefficient (Wildman–Crippen LogP) is -5.91. The highest BCUT2D eigenvalue weighted by molar-refractivity contribution is 8.00. The molecule has 0 aromatic carbocycles. The standard InChI is InChI=1S/C65H101N15O26S/c1-2-3-4-5-6-7-8-9-10-11-12-13-14-18-45(83)43(66)39-106-63(104)22-21-48(85)68-24-50(87)74-30-58(95)80(38-62(102)103)34-54(91)70-26-52(89)72-28-56(93)78(36-60(98)99)32-42(82)17-15-16-41(81)31-77(35-59(96)97)55(92)27-71-51(88)25-69-53(90)33-79(37-61(100)101)57(94)29-73-49(86)23-67-47(84)20-19-46-64-44(40-107-46)75-65(105)76-64/h14,18,43-46,64,83H,2-13,15-17,19-40,66H2,1H3,(H,67,84)(H,68,85)(H,69,90)(H,70,91)(H,71,88)(H,72,89)(H,73,86)(H,74,87)(H,96,97)(H,98,99)(H,100,101)(H,102,103)(H2,75,76,105)/b18-14+/t43-,44+,45-,46+,64+/m1/s1. The smallest absolute Gasteiger partial charge is 0.323 e. The van der Waals surface area contributed by atoms with Crippen LogP contribution in [0.1, 0.15) is 129 Å². The molecule has 2 fully saturated rings. The molecule has 0 unspecified atom stereocenters. The number of ketones is 2. The van der Waals surface area contributed by atoms with Crippen molar-refractivity contribution in [2.24, 2.45) is 5.73 Å². The van der Waals surface area contributed by atoms with E-state index >= 15 is 0 Å². The van der Waals surface area contributed by atoms with Gasteiger partial charge in [-0.1, -0.05) is 83.3 Å². The van der Waals surface area contributed by atoms with E-state index in [-0.39, 0.29) is 42.8 Å². The number of hydrogen-bond acceptors (Lipinski definition) is 24. The highest BCUT2D eigenvalue weighted by Crippen LogP contribution is 2.32. The van der Waals surface area contributed by atoms with Gasteiger partial charge in [-0.25, -0.2) is 4.79 Å². The fraction of sp³-hybridized carbons (Fsp3) is 0.662. The SMILES string of the molecule is CCCCCCCCCCCCC/C=C/[C@@H](O)[C@H](N)COC(=O)CCC(=O)NCC(=O)NCC(=O)N(CC(=O)O)CC(=O)NCC(=O)NCC(=O)N(CC(=O)O)CC(=O)CCCC(=O)CN(CC(=O)O)C(=O)CNC(=O)CNC(=O)CN(CC(=O)O)C(=O)CNC(=O)CNC(=O)CC[C@@H]1SC[C@@H]2NC(=O)N[C@@H]21. The molecule has 0 aliphatic carbocycles. The monoisotopic (exact) mass is 1540 g/mol. The lowest BCUT2D eigenvalue weighted by Crippen LogP contribution is -2.50. The van der Waals surface area contributed by atoms with Gasteiger partial charge in [0, 0.05) is 36.7 Å². The fourth-order valence-electron chi connectivity index (χ4n) is 10.2. The number of carbonyl (C=O) groups is 20. The van der Waals surface area contributed by atoms with Gasteiger partial charge in [-0.05, 0) is 25.7 Å². The zero-order chi connectivity index (χ0) is 79.8. The molecule has 2 aliphatic rings. The van der Waals surface area contributed by atoms with Gasteiger partial charge < -0.3 is 109 Å².